The fourth-order valence-electron chi connectivity index (χ4n) is 2.55. The highest BCUT2D eigenvalue weighted by Gasteiger charge is 2.26. The Labute approximate surface area is 130 Å². The molecular weight excluding hydrogens is 276 g/mol. The molecule has 0 radical (unpaired) electrons. The van der Waals surface area contributed by atoms with E-state index in [-0.39, 0.29) is 11.8 Å². The molecule has 6 nitrogen and oxygen atoms in total. The lowest BCUT2D eigenvalue weighted by Crippen LogP contribution is -2.38. The summed E-state index contributed by atoms with van der Waals surface area (Å²) in [6.07, 6.45) is 3.09. The third-order valence-electron chi connectivity index (χ3n) is 3.78. The third kappa shape index (κ3) is 2.90. The van der Waals surface area contributed by atoms with Gasteiger partial charge in [-0.2, -0.15) is 0 Å². The van der Waals surface area contributed by atoms with E-state index in [1.165, 1.54) is 6.21 Å². The van der Waals surface area contributed by atoms with Crippen LogP contribution in [0.5, 0.6) is 0 Å². The van der Waals surface area contributed by atoms with Gasteiger partial charge in [0.15, 0.2) is 0 Å². The van der Waals surface area contributed by atoms with Crippen LogP contribution in [0.4, 0.5) is 11.4 Å². The van der Waals surface area contributed by atoms with Gasteiger partial charge < -0.3 is 10.7 Å². The number of amidine groups is 2. The first kappa shape index (κ1) is 15.9. The van der Waals surface area contributed by atoms with Crippen molar-refractivity contribution in [2.24, 2.45) is 10.9 Å². The maximum absolute atomic E-state index is 8.28. The molecule has 6 heteroatoms. The maximum Gasteiger partial charge on any atom is 0.111 e. The van der Waals surface area contributed by atoms with E-state index >= 15 is 0 Å². The number of aliphatic imine (C=N–C) groups is 1. The van der Waals surface area contributed by atoms with Gasteiger partial charge in [0.2, 0.25) is 0 Å². The average Bonchev–Trinajstić information content (AvgIpc) is 2.62. The van der Waals surface area contributed by atoms with E-state index < -0.39 is 0 Å². The molecule has 0 fully saturated rings. The summed E-state index contributed by atoms with van der Waals surface area (Å²) in [5.41, 5.74) is 2.66. The van der Waals surface area contributed by atoms with Gasteiger partial charge in [0.05, 0.1) is 17.3 Å². The first-order valence-corrected chi connectivity index (χ1v) is 7.24. The van der Waals surface area contributed by atoms with Crippen molar-refractivity contribution in [1.29, 1.82) is 16.2 Å². The van der Waals surface area contributed by atoms with E-state index in [2.05, 4.69) is 10.3 Å². The summed E-state index contributed by atoms with van der Waals surface area (Å²) in [6.45, 7) is 4.31. The number of rotatable bonds is 3. The topological polar surface area (TPSA) is 99.2 Å². The molecule has 0 amide bonds. The van der Waals surface area contributed by atoms with Gasteiger partial charge in [0.25, 0.3) is 0 Å². The number of hydrogen-bond acceptors (Lipinski definition) is 5. The third-order valence-corrected chi connectivity index (χ3v) is 3.78. The predicted octanol–water partition coefficient (Wildman–Crippen LogP) is 2.96. The molecular formula is C16H22N6. The fourth-order valence-corrected chi connectivity index (χ4v) is 2.55. The lowest BCUT2D eigenvalue weighted by Gasteiger charge is -2.25. The molecule has 22 heavy (non-hydrogen) atoms. The lowest BCUT2D eigenvalue weighted by atomic mass is 10.00. The Kier molecular flexibility index (Phi) is 4.70. The van der Waals surface area contributed by atoms with E-state index in [0.717, 1.165) is 16.9 Å². The van der Waals surface area contributed by atoms with Crippen LogP contribution < -0.4 is 10.2 Å². The first-order valence-electron chi connectivity index (χ1n) is 7.24. The first-order chi connectivity index (χ1) is 10.5. The van der Waals surface area contributed by atoms with Crippen LogP contribution in [0.1, 0.15) is 25.3 Å². The number of nitrogens with one attached hydrogen (secondary N) is 4. The average molecular weight is 298 g/mol. The van der Waals surface area contributed by atoms with Crippen LogP contribution in [-0.2, 0) is 0 Å². The van der Waals surface area contributed by atoms with Crippen LogP contribution in [0.15, 0.2) is 23.2 Å². The Morgan fingerprint density at radius 3 is 2.82 bits per heavy atom. The quantitative estimate of drug-likeness (QED) is 0.509. The molecule has 1 aliphatic rings. The Balaban J connectivity index is 2.51. The summed E-state index contributed by atoms with van der Waals surface area (Å²) < 4.78 is 0. The van der Waals surface area contributed by atoms with Crippen LogP contribution in [0.2, 0.25) is 0 Å². The van der Waals surface area contributed by atoms with Crippen LogP contribution in [0.3, 0.4) is 0 Å². The van der Waals surface area contributed by atoms with Gasteiger partial charge in [0.1, 0.15) is 11.7 Å². The molecule has 2 atom stereocenters. The molecule has 116 valence electrons. The van der Waals surface area contributed by atoms with Crippen LogP contribution >= 0.6 is 0 Å². The Bertz CT molecular complexity index is 634. The molecule has 1 aromatic rings. The molecule has 2 rings (SSSR count). The molecule has 0 saturated carbocycles. The second-order valence-electron chi connectivity index (χ2n) is 5.46. The molecule has 1 heterocycles. The molecule has 1 aromatic carbocycles. The summed E-state index contributed by atoms with van der Waals surface area (Å²) in [5.74, 6) is 0.608. The summed E-state index contributed by atoms with van der Waals surface area (Å²) in [5, 5.41) is 27.2. The monoisotopic (exact) mass is 298 g/mol. The minimum atomic E-state index is -0.160. The van der Waals surface area contributed by atoms with Gasteiger partial charge >= 0.3 is 0 Å². The van der Waals surface area contributed by atoms with E-state index in [1.54, 1.807) is 25.1 Å². The smallest absolute Gasteiger partial charge is 0.111 e. The van der Waals surface area contributed by atoms with Crippen molar-refractivity contribution in [3.8, 4) is 0 Å². The van der Waals surface area contributed by atoms with Crippen LogP contribution in [0.25, 0.3) is 0 Å². The number of fused-ring (bicyclic) bond motifs is 1. The summed E-state index contributed by atoms with van der Waals surface area (Å²) in [6, 6.07) is 5.81. The maximum atomic E-state index is 8.28. The summed E-state index contributed by atoms with van der Waals surface area (Å²) >= 11 is 0. The van der Waals surface area contributed by atoms with Crippen molar-refractivity contribution in [1.82, 2.24) is 0 Å². The molecule has 0 spiro atoms. The van der Waals surface area contributed by atoms with Gasteiger partial charge in [-0.25, -0.2) is 0 Å². The number of benzene rings is 1. The van der Waals surface area contributed by atoms with Crippen molar-refractivity contribution in [2.45, 2.75) is 19.8 Å². The Morgan fingerprint density at radius 2 is 2.23 bits per heavy atom. The highest BCUT2D eigenvalue weighted by Crippen LogP contribution is 2.33. The van der Waals surface area contributed by atoms with Gasteiger partial charge in [-0.05, 0) is 24.6 Å². The van der Waals surface area contributed by atoms with Crippen molar-refractivity contribution in [3.05, 3.63) is 23.8 Å². The number of nitrogens with zero attached hydrogens (tertiary/aromatic N) is 2. The predicted molar refractivity (Wildman–Crippen MR) is 93.6 cm³/mol. The van der Waals surface area contributed by atoms with Gasteiger partial charge in [0, 0.05) is 31.9 Å². The number of hydrogen-bond donors (Lipinski definition) is 4. The van der Waals surface area contributed by atoms with E-state index in [0.29, 0.717) is 18.2 Å². The van der Waals surface area contributed by atoms with Crippen LogP contribution in [0, 0.1) is 22.1 Å². The summed E-state index contributed by atoms with van der Waals surface area (Å²) in [7, 11) is 1.70. The molecule has 0 aliphatic carbocycles. The van der Waals surface area contributed by atoms with Gasteiger partial charge in [-0.1, -0.05) is 13.0 Å². The van der Waals surface area contributed by atoms with E-state index in [9.17, 15) is 0 Å². The van der Waals surface area contributed by atoms with Crippen molar-refractivity contribution < 1.29 is 0 Å². The summed E-state index contributed by atoms with van der Waals surface area (Å²) in [4.78, 5) is 5.67. The highest BCUT2D eigenvalue weighted by molar-refractivity contribution is 6.19. The minimum Gasteiger partial charge on any atom is -0.383 e. The van der Waals surface area contributed by atoms with Crippen molar-refractivity contribution in [2.75, 3.05) is 23.8 Å². The lowest BCUT2D eigenvalue weighted by molar-refractivity contribution is 0.807. The zero-order chi connectivity index (χ0) is 16.3. The zero-order valence-corrected chi connectivity index (χ0v) is 13.1. The van der Waals surface area contributed by atoms with Gasteiger partial charge in [-0.3, -0.25) is 20.7 Å². The largest absolute Gasteiger partial charge is 0.383 e. The molecule has 1 aliphatic heterocycles. The molecule has 2 unspecified atom stereocenters. The number of anilines is 2. The normalized spacial score (nSPS) is 19.3. The molecule has 0 aromatic heterocycles. The molecule has 0 bridgehead atoms. The second kappa shape index (κ2) is 6.51. The van der Waals surface area contributed by atoms with Gasteiger partial charge in [-0.15, -0.1) is 0 Å². The Hall–Kier alpha value is -2.50. The minimum absolute atomic E-state index is 0.0203. The SMILES string of the molecule is CN=CC(C=N)c1ccc2c(c1)NCC(C)C(=N)N2C(C)=N. The standard InChI is InChI=1S/C16H22N6/c1-10-8-21-14-6-12(13(7-17)9-20-3)4-5-15(14)22(11(2)18)16(10)19/h4-7,9-10,13,17-19,21H,8H2,1-3H3. The fraction of sp³-hybridized carbons (Fsp3) is 0.375. The van der Waals surface area contributed by atoms with E-state index in [1.807, 2.05) is 25.1 Å². The van der Waals surface area contributed by atoms with E-state index in [4.69, 9.17) is 16.2 Å². The van der Waals surface area contributed by atoms with Crippen molar-refractivity contribution >= 4 is 35.5 Å². The zero-order valence-electron chi connectivity index (χ0n) is 13.1. The second-order valence-corrected chi connectivity index (χ2v) is 5.46. The Morgan fingerprint density at radius 1 is 1.50 bits per heavy atom. The molecule has 4 N–H and O–H groups in total. The highest BCUT2D eigenvalue weighted by atomic mass is 15.2. The van der Waals surface area contributed by atoms with Crippen molar-refractivity contribution in [3.63, 3.8) is 0 Å². The molecule has 0 saturated heterocycles. The van der Waals surface area contributed by atoms with Crippen LogP contribution in [-0.4, -0.2) is 37.7 Å².